The van der Waals surface area contributed by atoms with Gasteiger partial charge in [0.15, 0.2) is 0 Å². The number of thiophene rings is 1. The number of aromatic nitrogens is 2. The Hall–Kier alpha value is -2.37. The standard InChI is InChI=1S/C21H22ClN3OS/c1-15-19(14-24(3)21(26)11-10-18-8-6-12-27-18)16(2)25(23-15)13-17-7-4-5-9-20(17)22/h4-12H,13-14H2,1-3H3. The van der Waals surface area contributed by atoms with E-state index in [0.29, 0.717) is 13.1 Å². The Labute approximate surface area is 168 Å². The lowest BCUT2D eigenvalue weighted by Gasteiger charge is -2.15. The van der Waals surface area contributed by atoms with Crippen molar-refractivity contribution in [2.75, 3.05) is 7.05 Å². The Kier molecular flexibility index (Phi) is 6.14. The topological polar surface area (TPSA) is 38.1 Å². The van der Waals surface area contributed by atoms with Gasteiger partial charge in [0.05, 0.1) is 12.2 Å². The Balaban J connectivity index is 1.72. The van der Waals surface area contributed by atoms with Gasteiger partial charge in [-0.3, -0.25) is 9.48 Å². The van der Waals surface area contributed by atoms with Crippen molar-refractivity contribution >= 4 is 34.9 Å². The maximum atomic E-state index is 12.4. The number of halogens is 1. The molecule has 4 nitrogen and oxygen atoms in total. The van der Waals surface area contributed by atoms with E-state index in [1.54, 1.807) is 22.3 Å². The Bertz CT molecular complexity index is 960. The molecule has 0 atom stereocenters. The van der Waals surface area contributed by atoms with Gasteiger partial charge in [-0.25, -0.2) is 0 Å². The molecule has 0 N–H and O–H groups in total. The molecule has 0 bridgehead atoms. The number of likely N-dealkylation sites (N-methyl/N-ethyl adjacent to an activating group) is 1. The first-order valence-electron chi connectivity index (χ1n) is 8.68. The third-order valence-electron chi connectivity index (χ3n) is 4.51. The van der Waals surface area contributed by atoms with E-state index >= 15 is 0 Å². The summed E-state index contributed by atoms with van der Waals surface area (Å²) in [6.07, 6.45) is 3.47. The molecule has 3 rings (SSSR count). The van der Waals surface area contributed by atoms with Gasteiger partial charge >= 0.3 is 0 Å². The second kappa shape index (κ2) is 8.55. The van der Waals surface area contributed by atoms with Crippen LogP contribution in [-0.4, -0.2) is 27.6 Å². The lowest BCUT2D eigenvalue weighted by Crippen LogP contribution is -2.24. The zero-order valence-electron chi connectivity index (χ0n) is 15.6. The molecule has 0 fully saturated rings. The van der Waals surface area contributed by atoms with Crippen LogP contribution in [0.4, 0.5) is 0 Å². The number of carbonyl (C=O) groups excluding carboxylic acids is 1. The van der Waals surface area contributed by atoms with Crippen LogP contribution >= 0.6 is 22.9 Å². The van der Waals surface area contributed by atoms with Crippen LogP contribution < -0.4 is 0 Å². The first kappa shape index (κ1) is 19.4. The van der Waals surface area contributed by atoms with Crippen molar-refractivity contribution in [2.24, 2.45) is 0 Å². The minimum absolute atomic E-state index is 0.0268. The number of hydrogen-bond donors (Lipinski definition) is 0. The van der Waals surface area contributed by atoms with Gasteiger partial charge in [0.2, 0.25) is 5.91 Å². The van der Waals surface area contributed by atoms with Crippen molar-refractivity contribution in [3.8, 4) is 0 Å². The number of aryl methyl sites for hydroxylation is 1. The van der Waals surface area contributed by atoms with E-state index in [0.717, 1.165) is 32.4 Å². The molecule has 2 heterocycles. The van der Waals surface area contributed by atoms with Crippen LogP contribution in [0.15, 0.2) is 47.9 Å². The lowest BCUT2D eigenvalue weighted by atomic mass is 10.1. The Morgan fingerprint density at radius 2 is 2.04 bits per heavy atom. The van der Waals surface area contributed by atoms with Crippen LogP contribution in [0.1, 0.15) is 27.4 Å². The molecule has 0 saturated heterocycles. The van der Waals surface area contributed by atoms with E-state index in [2.05, 4.69) is 5.10 Å². The van der Waals surface area contributed by atoms with E-state index < -0.39 is 0 Å². The Morgan fingerprint density at radius 3 is 2.74 bits per heavy atom. The second-order valence-electron chi connectivity index (χ2n) is 6.44. The number of benzene rings is 1. The quantitative estimate of drug-likeness (QED) is 0.551. The number of hydrogen-bond acceptors (Lipinski definition) is 3. The van der Waals surface area contributed by atoms with Gasteiger partial charge in [0, 0.05) is 40.8 Å². The summed E-state index contributed by atoms with van der Waals surface area (Å²) in [6, 6.07) is 11.7. The first-order valence-corrected chi connectivity index (χ1v) is 9.94. The molecule has 1 amide bonds. The molecule has 1 aromatic carbocycles. The normalized spacial score (nSPS) is 11.3. The van der Waals surface area contributed by atoms with Gasteiger partial charge in [-0.2, -0.15) is 5.10 Å². The highest BCUT2D eigenvalue weighted by Crippen LogP contribution is 2.20. The molecule has 27 heavy (non-hydrogen) atoms. The average molecular weight is 400 g/mol. The van der Waals surface area contributed by atoms with Gasteiger partial charge in [0.1, 0.15) is 0 Å². The minimum atomic E-state index is -0.0268. The summed E-state index contributed by atoms with van der Waals surface area (Å²) in [5.74, 6) is -0.0268. The molecule has 140 valence electrons. The number of amides is 1. The predicted octanol–water partition coefficient (Wildman–Crippen LogP) is 4.93. The molecule has 2 aromatic heterocycles. The highest BCUT2D eigenvalue weighted by Gasteiger charge is 2.16. The van der Waals surface area contributed by atoms with Crippen molar-refractivity contribution in [3.63, 3.8) is 0 Å². The van der Waals surface area contributed by atoms with E-state index in [-0.39, 0.29) is 5.91 Å². The predicted molar refractivity (Wildman–Crippen MR) is 112 cm³/mol. The summed E-state index contributed by atoms with van der Waals surface area (Å²) in [4.78, 5) is 15.2. The molecule has 0 aliphatic carbocycles. The molecule has 0 aliphatic heterocycles. The van der Waals surface area contributed by atoms with E-state index in [4.69, 9.17) is 11.6 Å². The minimum Gasteiger partial charge on any atom is -0.338 e. The third-order valence-corrected chi connectivity index (χ3v) is 5.72. The fraction of sp³-hybridized carbons (Fsp3) is 0.238. The van der Waals surface area contributed by atoms with Crippen LogP contribution in [-0.2, 0) is 17.9 Å². The van der Waals surface area contributed by atoms with E-state index in [1.165, 1.54) is 0 Å². The zero-order valence-corrected chi connectivity index (χ0v) is 17.2. The van der Waals surface area contributed by atoms with Crippen LogP contribution in [0.25, 0.3) is 6.08 Å². The largest absolute Gasteiger partial charge is 0.338 e. The molecule has 6 heteroatoms. The number of carbonyl (C=O) groups is 1. The highest BCUT2D eigenvalue weighted by atomic mass is 35.5. The fourth-order valence-corrected chi connectivity index (χ4v) is 3.70. The maximum absolute atomic E-state index is 12.4. The highest BCUT2D eigenvalue weighted by molar-refractivity contribution is 7.10. The molecule has 0 aliphatic rings. The van der Waals surface area contributed by atoms with Crippen molar-refractivity contribution in [2.45, 2.75) is 26.9 Å². The molecule has 0 unspecified atom stereocenters. The van der Waals surface area contributed by atoms with Crippen LogP contribution in [0, 0.1) is 13.8 Å². The van der Waals surface area contributed by atoms with Gasteiger partial charge < -0.3 is 4.90 Å². The van der Waals surface area contributed by atoms with Crippen molar-refractivity contribution in [3.05, 3.63) is 80.3 Å². The molecule has 0 saturated carbocycles. The van der Waals surface area contributed by atoms with Gasteiger partial charge in [-0.15, -0.1) is 11.3 Å². The SMILES string of the molecule is Cc1nn(Cc2ccccc2Cl)c(C)c1CN(C)C(=O)C=Cc1cccs1. The van der Waals surface area contributed by atoms with Gasteiger partial charge in [0.25, 0.3) is 0 Å². The van der Waals surface area contributed by atoms with Crippen molar-refractivity contribution < 1.29 is 4.79 Å². The summed E-state index contributed by atoms with van der Waals surface area (Å²) in [6.45, 7) is 5.15. The van der Waals surface area contributed by atoms with Crippen molar-refractivity contribution in [1.29, 1.82) is 0 Å². The second-order valence-corrected chi connectivity index (χ2v) is 7.83. The smallest absolute Gasteiger partial charge is 0.246 e. The Morgan fingerprint density at radius 1 is 1.26 bits per heavy atom. The number of rotatable bonds is 6. The summed E-state index contributed by atoms with van der Waals surface area (Å²) in [7, 11) is 1.81. The lowest BCUT2D eigenvalue weighted by molar-refractivity contribution is -0.125. The third kappa shape index (κ3) is 4.67. The molecule has 3 aromatic rings. The number of nitrogens with zero attached hydrogens (tertiary/aromatic N) is 3. The monoisotopic (exact) mass is 399 g/mol. The first-order chi connectivity index (χ1) is 13.0. The summed E-state index contributed by atoms with van der Waals surface area (Å²) >= 11 is 7.88. The average Bonchev–Trinajstić information content (AvgIpc) is 3.25. The molecule has 0 radical (unpaired) electrons. The maximum Gasteiger partial charge on any atom is 0.246 e. The van der Waals surface area contributed by atoms with Crippen LogP contribution in [0.3, 0.4) is 0 Å². The van der Waals surface area contributed by atoms with Crippen LogP contribution in [0.5, 0.6) is 0 Å². The van der Waals surface area contributed by atoms with Gasteiger partial charge in [-0.1, -0.05) is 35.9 Å². The molecular weight excluding hydrogens is 378 g/mol. The fourth-order valence-electron chi connectivity index (χ4n) is 2.89. The molecule has 0 spiro atoms. The van der Waals surface area contributed by atoms with E-state index in [9.17, 15) is 4.79 Å². The molecular formula is C21H22ClN3OS. The van der Waals surface area contributed by atoms with Crippen molar-refractivity contribution in [1.82, 2.24) is 14.7 Å². The summed E-state index contributed by atoms with van der Waals surface area (Å²) in [5, 5.41) is 7.38. The summed E-state index contributed by atoms with van der Waals surface area (Å²) in [5.41, 5.74) is 4.08. The van der Waals surface area contributed by atoms with E-state index in [1.807, 2.05) is 73.4 Å². The summed E-state index contributed by atoms with van der Waals surface area (Å²) < 4.78 is 1.95. The van der Waals surface area contributed by atoms with Crippen LogP contribution in [0.2, 0.25) is 5.02 Å². The zero-order chi connectivity index (χ0) is 19.4. The van der Waals surface area contributed by atoms with Gasteiger partial charge in [-0.05, 0) is 43.0 Å².